The lowest BCUT2D eigenvalue weighted by molar-refractivity contribution is 0.0697. The van der Waals surface area contributed by atoms with Crippen molar-refractivity contribution in [2.24, 2.45) is 0 Å². The van der Waals surface area contributed by atoms with E-state index in [0.717, 1.165) is 22.3 Å². The van der Waals surface area contributed by atoms with Crippen molar-refractivity contribution in [2.75, 3.05) is 6.61 Å². The summed E-state index contributed by atoms with van der Waals surface area (Å²) in [6, 6.07) is 19.2. The smallest absolute Gasteiger partial charge is 0.407 e. The van der Waals surface area contributed by atoms with Gasteiger partial charge in [-0.2, -0.15) is 0 Å². The number of carboxylic acids is 1. The van der Waals surface area contributed by atoms with Crippen molar-refractivity contribution < 1.29 is 19.4 Å². The SMILES string of the molecule is O=C(NCc1ccc(Cl)c(C(=O)O)c1Cl)OCC1c2ccccc2-c2ccccc21. The lowest BCUT2D eigenvalue weighted by Gasteiger charge is -2.15. The molecule has 5 nitrogen and oxygen atoms in total. The summed E-state index contributed by atoms with van der Waals surface area (Å²) in [5.41, 5.74) is 4.79. The van der Waals surface area contributed by atoms with Gasteiger partial charge in [0.2, 0.25) is 0 Å². The zero-order valence-electron chi connectivity index (χ0n) is 15.7. The summed E-state index contributed by atoms with van der Waals surface area (Å²) in [7, 11) is 0. The van der Waals surface area contributed by atoms with Gasteiger partial charge >= 0.3 is 12.1 Å². The highest BCUT2D eigenvalue weighted by atomic mass is 35.5. The molecule has 7 heteroatoms. The first kappa shape index (κ1) is 20.3. The van der Waals surface area contributed by atoms with Crippen molar-refractivity contribution in [2.45, 2.75) is 12.5 Å². The molecule has 2 N–H and O–H groups in total. The monoisotopic (exact) mass is 441 g/mol. The first-order valence-corrected chi connectivity index (χ1v) is 10.0. The Bertz CT molecular complexity index is 1100. The van der Waals surface area contributed by atoms with E-state index in [2.05, 4.69) is 17.4 Å². The van der Waals surface area contributed by atoms with Crippen LogP contribution in [-0.2, 0) is 11.3 Å². The van der Waals surface area contributed by atoms with Gasteiger partial charge in [-0.3, -0.25) is 0 Å². The molecule has 1 amide bonds. The number of hydrogen-bond donors (Lipinski definition) is 2. The van der Waals surface area contributed by atoms with Crippen LogP contribution in [0.2, 0.25) is 10.0 Å². The Labute approximate surface area is 183 Å². The molecule has 1 aliphatic rings. The van der Waals surface area contributed by atoms with Gasteiger partial charge < -0.3 is 15.2 Å². The largest absolute Gasteiger partial charge is 0.478 e. The number of halogens is 2. The molecule has 3 aromatic carbocycles. The summed E-state index contributed by atoms with van der Waals surface area (Å²) in [6.07, 6.45) is -0.611. The molecule has 0 heterocycles. The van der Waals surface area contributed by atoms with E-state index in [-0.39, 0.29) is 34.7 Å². The van der Waals surface area contributed by atoms with Crippen molar-refractivity contribution in [1.82, 2.24) is 5.32 Å². The number of hydrogen-bond acceptors (Lipinski definition) is 3. The van der Waals surface area contributed by atoms with Crippen molar-refractivity contribution in [3.05, 3.63) is 93.0 Å². The second-order valence-corrected chi connectivity index (χ2v) is 7.66. The average Bonchev–Trinajstić information content (AvgIpc) is 3.05. The van der Waals surface area contributed by atoms with Crippen LogP contribution in [0.1, 0.15) is 33.0 Å². The summed E-state index contributed by atoms with van der Waals surface area (Å²) in [5.74, 6) is -1.27. The quantitative estimate of drug-likeness (QED) is 0.529. The predicted octanol–water partition coefficient (Wildman–Crippen LogP) is 5.73. The van der Waals surface area contributed by atoms with E-state index in [1.165, 1.54) is 6.07 Å². The molecule has 0 atom stereocenters. The zero-order chi connectivity index (χ0) is 21.3. The summed E-state index contributed by atoms with van der Waals surface area (Å²) in [4.78, 5) is 23.6. The summed E-state index contributed by atoms with van der Waals surface area (Å²) >= 11 is 12.0. The Morgan fingerprint density at radius 3 is 2.13 bits per heavy atom. The van der Waals surface area contributed by atoms with Gasteiger partial charge in [0.1, 0.15) is 6.61 Å². The molecule has 0 spiro atoms. The minimum atomic E-state index is -1.23. The second-order valence-electron chi connectivity index (χ2n) is 6.88. The topological polar surface area (TPSA) is 75.6 Å². The van der Waals surface area contributed by atoms with Crippen LogP contribution in [0, 0.1) is 0 Å². The van der Waals surface area contributed by atoms with Crippen LogP contribution in [0.5, 0.6) is 0 Å². The minimum absolute atomic E-state index is 0.00560. The van der Waals surface area contributed by atoms with Crippen LogP contribution >= 0.6 is 23.2 Å². The summed E-state index contributed by atoms with van der Waals surface area (Å²) in [5, 5.41) is 11.9. The number of carbonyl (C=O) groups is 2. The molecule has 152 valence electrons. The van der Waals surface area contributed by atoms with Crippen LogP contribution in [0.3, 0.4) is 0 Å². The molecule has 30 heavy (non-hydrogen) atoms. The average molecular weight is 442 g/mol. The maximum absolute atomic E-state index is 12.3. The normalized spacial score (nSPS) is 12.2. The molecular weight excluding hydrogens is 425 g/mol. The predicted molar refractivity (Wildman–Crippen MR) is 115 cm³/mol. The fraction of sp³-hybridized carbons (Fsp3) is 0.130. The Morgan fingerprint density at radius 1 is 0.933 bits per heavy atom. The third-order valence-electron chi connectivity index (χ3n) is 5.15. The third-order valence-corrected chi connectivity index (χ3v) is 5.90. The van der Waals surface area contributed by atoms with E-state index < -0.39 is 12.1 Å². The molecule has 4 rings (SSSR count). The fourth-order valence-electron chi connectivity index (χ4n) is 3.75. The molecular formula is C23H17Cl2NO4. The lowest BCUT2D eigenvalue weighted by Crippen LogP contribution is -2.26. The Balaban J connectivity index is 1.43. The number of benzene rings is 3. The Kier molecular flexibility index (Phi) is 5.66. The minimum Gasteiger partial charge on any atom is -0.478 e. The summed E-state index contributed by atoms with van der Waals surface area (Å²) < 4.78 is 5.47. The van der Waals surface area contributed by atoms with Crippen molar-refractivity contribution >= 4 is 35.3 Å². The maximum atomic E-state index is 12.3. The van der Waals surface area contributed by atoms with Crippen LogP contribution in [-0.4, -0.2) is 23.8 Å². The van der Waals surface area contributed by atoms with Gasteiger partial charge in [-0.1, -0.05) is 77.8 Å². The molecule has 0 radical (unpaired) electrons. The van der Waals surface area contributed by atoms with Gasteiger partial charge in [-0.25, -0.2) is 9.59 Å². The van der Waals surface area contributed by atoms with Gasteiger partial charge in [0.15, 0.2) is 0 Å². The lowest BCUT2D eigenvalue weighted by atomic mass is 9.98. The number of nitrogens with one attached hydrogen (secondary N) is 1. The van der Waals surface area contributed by atoms with Crippen molar-refractivity contribution in [3.8, 4) is 11.1 Å². The van der Waals surface area contributed by atoms with E-state index in [0.29, 0.717) is 5.56 Å². The standard InChI is InChI=1S/C23H17Cl2NO4/c24-19-10-9-13(21(25)20(19)22(27)28)11-26-23(29)30-12-18-16-7-3-1-5-14(16)15-6-2-4-8-17(15)18/h1-10,18H,11-12H2,(H,26,29)(H,27,28). The van der Waals surface area contributed by atoms with Crippen LogP contribution in [0.15, 0.2) is 60.7 Å². The number of carboxylic acid groups (broad SMARTS) is 1. The number of fused-ring (bicyclic) bond motifs is 3. The highest BCUT2D eigenvalue weighted by Gasteiger charge is 2.29. The molecule has 0 fully saturated rings. The maximum Gasteiger partial charge on any atom is 0.407 e. The van der Waals surface area contributed by atoms with Crippen LogP contribution < -0.4 is 5.32 Å². The number of carbonyl (C=O) groups excluding carboxylic acids is 1. The van der Waals surface area contributed by atoms with E-state index >= 15 is 0 Å². The number of rotatable bonds is 5. The van der Waals surface area contributed by atoms with Gasteiger partial charge in [-0.05, 0) is 33.9 Å². The van der Waals surface area contributed by atoms with Gasteiger partial charge in [0, 0.05) is 12.5 Å². The van der Waals surface area contributed by atoms with Gasteiger partial charge in [-0.15, -0.1) is 0 Å². The summed E-state index contributed by atoms with van der Waals surface area (Å²) in [6.45, 7) is 0.210. The Hall–Kier alpha value is -3.02. The number of aromatic carboxylic acids is 1. The molecule has 0 saturated carbocycles. The molecule has 0 saturated heterocycles. The van der Waals surface area contributed by atoms with E-state index in [1.54, 1.807) is 6.07 Å². The number of alkyl carbamates (subject to hydrolysis) is 1. The van der Waals surface area contributed by atoms with Crippen LogP contribution in [0.4, 0.5) is 4.79 Å². The number of amides is 1. The number of ether oxygens (including phenoxy) is 1. The fourth-order valence-corrected chi connectivity index (χ4v) is 4.34. The highest BCUT2D eigenvalue weighted by Crippen LogP contribution is 2.44. The van der Waals surface area contributed by atoms with E-state index in [9.17, 15) is 14.7 Å². The molecule has 0 bridgehead atoms. The van der Waals surface area contributed by atoms with E-state index in [1.807, 2.05) is 36.4 Å². The Morgan fingerprint density at radius 2 is 1.53 bits per heavy atom. The second kappa shape index (κ2) is 8.38. The molecule has 1 aliphatic carbocycles. The van der Waals surface area contributed by atoms with E-state index in [4.69, 9.17) is 27.9 Å². The first-order chi connectivity index (χ1) is 14.5. The highest BCUT2D eigenvalue weighted by molar-refractivity contribution is 6.39. The third kappa shape index (κ3) is 3.74. The van der Waals surface area contributed by atoms with Crippen molar-refractivity contribution in [1.29, 1.82) is 0 Å². The molecule has 3 aromatic rings. The molecule has 0 unspecified atom stereocenters. The molecule has 0 aromatic heterocycles. The van der Waals surface area contributed by atoms with Crippen molar-refractivity contribution in [3.63, 3.8) is 0 Å². The zero-order valence-corrected chi connectivity index (χ0v) is 17.2. The van der Waals surface area contributed by atoms with Crippen LogP contribution in [0.25, 0.3) is 11.1 Å². The molecule has 0 aliphatic heterocycles. The van der Waals surface area contributed by atoms with Gasteiger partial charge in [0.05, 0.1) is 15.6 Å². The first-order valence-electron chi connectivity index (χ1n) is 9.26. The van der Waals surface area contributed by atoms with Gasteiger partial charge in [0.25, 0.3) is 0 Å².